The number of rotatable bonds is 6. The number of nitrogens with one attached hydrogen (secondary N) is 2. The minimum absolute atomic E-state index is 0.108. The maximum atomic E-state index is 11.3. The van der Waals surface area contributed by atoms with Gasteiger partial charge in [-0.15, -0.1) is 5.10 Å². The van der Waals surface area contributed by atoms with Crippen LogP contribution in [0.25, 0.3) is 16.8 Å². The fraction of sp³-hybridized carbons (Fsp3) is 0.136. The molecule has 0 aliphatic rings. The second kappa shape index (κ2) is 8.12. The quantitative estimate of drug-likeness (QED) is 0.503. The van der Waals surface area contributed by atoms with E-state index >= 15 is 0 Å². The van der Waals surface area contributed by atoms with Crippen LogP contribution in [0.3, 0.4) is 0 Å². The number of carbonyl (C=O) groups excluding carboxylic acids is 1. The molecule has 0 radical (unpaired) electrons. The van der Waals surface area contributed by atoms with Crippen molar-refractivity contribution in [2.24, 2.45) is 0 Å². The van der Waals surface area contributed by atoms with Gasteiger partial charge in [0.1, 0.15) is 11.5 Å². The SMILES string of the molecule is COc1ccc(Nc2nc3ccc(-c4cccc(NC(C)=O)c4)cn3n2)c(OC)c1. The smallest absolute Gasteiger partial charge is 0.247 e. The van der Waals surface area contributed by atoms with Crippen molar-refractivity contribution in [3.05, 3.63) is 60.8 Å². The largest absolute Gasteiger partial charge is 0.497 e. The standard InChI is InChI=1S/C22H21N5O3/c1-14(28)23-17-6-4-5-15(11-17)16-7-10-21-25-22(26-27(21)13-16)24-19-9-8-18(29-2)12-20(19)30-3/h4-13H,1-3H3,(H,23,28)(H,24,26). The highest BCUT2D eigenvalue weighted by Crippen LogP contribution is 2.31. The van der Waals surface area contributed by atoms with Crippen molar-refractivity contribution in [3.8, 4) is 22.6 Å². The summed E-state index contributed by atoms with van der Waals surface area (Å²) in [5, 5.41) is 10.5. The van der Waals surface area contributed by atoms with Gasteiger partial charge in [0.25, 0.3) is 0 Å². The van der Waals surface area contributed by atoms with E-state index in [1.165, 1.54) is 6.92 Å². The molecule has 8 nitrogen and oxygen atoms in total. The number of benzene rings is 2. The fourth-order valence-corrected chi connectivity index (χ4v) is 3.11. The van der Waals surface area contributed by atoms with Crippen molar-refractivity contribution in [1.82, 2.24) is 14.6 Å². The summed E-state index contributed by atoms with van der Waals surface area (Å²) in [6.45, 7) is 1.49. The van der Waals surface area contributed by atoms with Gasteiger partial charge in [0, 0.05) is 30.4 Å². The summed E-state index contributed by atoms with van der Waals surface area (Å²) in [4.78, 5) is 15.8. The summed E-state index contributed by atoms with van der Waals surface area (Å²) in [6, 6.07) is 17.0. The molecule has 0 spiro atoms. The first-order valence-electron chi connectivity index (χ1n) is 9.29. The van der Waals surface area contributed by atoms with E-state index in [1.54, 1.807) is 24.8 Å². The number of fused-ring (bicyclic) bond motifs is 1. The summed E-state index contributed by atoms with van der Waals surface area (Å²) in [5.41, 5.74) is 4.09. The van der Waals surface area contributed by atoms with Crippen molar-refractivity contribution in [2.75, 3.05) is 24.9 Å². The van der Waals surface area contributed by atoms with E-state index in [4.69, 9.17) is 9.47 Å². The normalized spacial score (nSPS) is 10.6. The molecule has 0 aliphatic carbocycles. The Hall–Kier alpha value is -4.07. The van der Waals surface area contributed by atoms with E-state index < -0.39 is 0 Å². The van der Waals surface area contributed by atoms with Gasteiger partial charge in [0.15, 0.2) is 5.65 Å². The topological polar surface area (TPSA) is 89.8 Å². The van der Waals surface area contributed by atoms with Crippen LogP contribution in [-0.2, 0) is 4.79 Å². The number of hydrogen-bond donors (Lipinski definition) is 2. The Balaban J connectivity index is 1.63. The number of pyridine rings is 1. The second-order valence-electron chi connectivity index (χ2n) is 6.61. The van der Waals surface area contributed by atoms with Gasteiger partial charge in [-0.25, -0.2) is 4.52 Å². The lowest BCUT2D eigenvalue weighted by atomic mass is 10.1. The van der Waals surface area contributed by atoms with Crippen molar-refractivity contribution in [3.63, 3.8) is 0 Å². The van der Waals surface area contributed by atoms with Gasteiger partial charge < -0.3 is 20.1 Å². The van der Waals surface area contributed by atoms with Crippen LogP contribution in [-0.4, -0.2) is 34.7 Å². The number of aromatic nitrogens is 3. The zero-order valence-electron chi connectivity index (χ0n) is 16.8. The average Bonchev–Trinajstić information content (AvgIpc) is 3.15. The summed E-state index contributed by atoms with van der Waals surface area (Å²) < 4.78 is 12.4. The number of methoxy groups -OCH3 is 2. The monoisotopic (exact) mass is 403 g/mol. The minimum atomic E-state index is -0.108. The van der Waals surface area contributed by atoms with Crippen molar-refractivity contribution < 1.29 is 14.3 Å². The third-order valence-corrected chi connectivity index (χ3v) is 4.50. The van der Waals surface area contributed by atoms with Gasteiger partial charge in [-0.3, -0.25) is 4.79 Å². The van der Waals surface area contributed by atoms with Gasteiger partial charge in [-0.2, -0.15) is 4.98 Å². The molecule has 2 N–H and O–H groups in total. The molecule has 2 aromatic heterocycles. The van der Waals surface area contributed by atoms with Crippen LogP contribution < -0.4 is 20.1 Å². The maximum absolute atomic E-state index is 11.3. The van der Waals surface area contributed by atoms with Crippen LogP contribution in [0.5, 0.6) is 11.5 Å². The van der Waals surface area contributed by atoms with E-state index in [9.17, 15) is 4.79 Å². The van der Waals surface area contributed by atoms with Crippen molar-refractivity contribution >= 4 is 28.9 Å². The maximum Gasteiger partial charge on any atom is 0.247 e. The third-order valence-electron chi connectivity index (χ3n) is 4.50. The third kappa shape index (κ3) is 4.02. The second-order valence-corrected chi connectivity index (χ2v) is 6.61. The van der Waals surface area contributed by atoms with E-state index in [0.29, 0.717) is 23.1 Å². The van der Waals surface area contributed by atoms with Gasteiger partial charge in [0.05, 0.1) is 19.9 Å². The molecule has 152 valence electrons. The summed E-state index contributed by atoms with van der Waals surface area (Å²) in [7, 11) is 3.20. The Kier molecular flexibility index (Phi) is 5.21. The summed E-state index contributed by atoms with van der Waals surface area (Å²) in [6.07, 6.45) is 1.89. The van der Waals surface area contributed by atoms with E-state index in [1.807, 2.05) is 54.7 Å². The van der Waals surface area contributed by atoms with Crippen LogP contribution in [0, 0.1) is 0 Å². The molecule has 0 saturated carbocycles. The van der Waals surface area contributed by atoms with Gasteiger partial charge in [0.2, 0.25) is 11.9 Å². The van der Waals surface area contributed by atoms with Gasteiger partial charge in [-0.05, 0) is 42.0 Å². The lowest BCUT2D eigenvalue weighted by Gasteiger charge is -2.10. The van der Waals surface area contributed by atoms with Crippen LogP contribution >= 0.6 is 0 Å². The first-order chi connectivity index (χ1) is 14.6. The number of amides is 1. The van der Waals surface area contributed by atoms with Gasteiger partial charge >= 0.3 is 0 Å². The fourth-order valence-electron chi connectivity index (χ4n) is 3.11. The molecule has 0 saturated heterocycles. The Morgan fingerprint density at radius 3 is 2.63 bits per heavy atom. The first-order valence-corrected chi connectivity index (χ1v) is 9.29. The molecular formula is C22H21N5O3. The van der Waals surface area contributed by atoms with Gasteiger partial charge in [-0.1, -0.05) is 12.1 Å². The molecule has 8 heteroatoms. The Morgan fingerprint density at radius 2 is 1.87 bits per heavy atom. The number of ether oxygens (including phenoxy) is 2. The van der Waals surface area contributed by atoms with E-state index in [0.717, 1.165) is 22.5 Å². The number of hydrogen-bond acceptors (Lipinski definition) is 6. The van der Waals surface area contributed by atoms with Crippen LogP contribution in [0.15, 0.2) is 60.8 Å². The molecule has 0 bridgehead atoms. The van der Waals surface area contributed by atoms with E-state index in [2.05, 4.69) is 20.7 Å². The number of carbonyl (C=O) groups is 1. The predicted octanol–water partition coefficient (Wildman–Crippen LogP) is 4.12. The Labute approximate surface area is 173 Å². The first kappa shape index (κ1) is 19.3. The van der Waals surface area contributed by atoms with Crippen molar-refractivity contribution in [2.45, 2.75) is 6.92 Å². The molecule has 2 aromatic carbocycles. The zero-order valence-corrected chi connectivity index (χ0v) is 16.8. The highest BCUT2D eigenvalue weighted by Gasteiger charge is 2.10. The highest BCUT2D eigenvalue weighted by atomic mass is 16.5. The Morgan fingerprint density at radius 1 is 1.00 bits per heavy atom. The highest BCUT2D eigenvalue weighted by molar-refractivity contribution is 5.89. The van der Waals surface area contributed by atoms with Crippen molar-refractivity contribution in [1.29, 1.82) is 0 Å². The van der Waals surface area contributed by atoms with Crippen LogP contribution in [0.2, 0.25) is 0 Å². The molecule has 0 aliphatic heterocycles. The number of nitrogens with zero attached hydrogens (tertiary/aromatic N) is 3. The minimum Gasteiger partial charge on any atom is -0.497 e. The molecule has 4 rings (SSSR count). The molecule has 0 unspecified atom stereocenters. The molecule has 30 heavy (non-hydrogen) atoms. The molecule has 2 heterocycles. The van der Waals surface area contributed by atoms with Crippen LogP contribution in [0.1, 0.15) is 6.92 Å². The lowest BCUT2D eigenvalue weighted by molar-refractivity contribution is -0.114. The predicted molar refractivity (Wildman–Crippen MR) is 116 cm³/mol. The lowest BCUT2D eigenvalue weighted by Crippen LogP contribution is -2.05. The molecule has 4 aromatic rings. The summed E-state index contributed by atoms with van der Waals surface area (Å²) in [5.74, 6) is 1.67. The number of anilines is 3. The molecular weight excluding hydrogens is 382 g/mol. The Bertz CT molecular complexity index is 1220. The van der Waals surface area contributed by atoms with Crippen LogP contribution in [0.4, 0.5) is 17.3 Å². The molecule has 0 atom stereocenters. The zero-order chi connectivity index (χ0) is 21.1. The molecule has 1 amide bonds. The average molecular weight is 403 g/mol. The summed E-state index contributed by atoms with van der Waals surface area (Å²) >= 11 is 0. The van der Waals surface area contributed by atoms with E-state index in [-0.39, 0.29) is 5.91 Å². The molecule has 0 fully saturated rings.